The maximum atomic E-state index is 12.4. The van der Waals surface area contributed by atoms with Crippen LogP contribution < -0.4 is 4.90 Å². The molecule has 29 heavy (non-hydrogen) atoms. The molecule has 0 saturated carbocycles. The number of carbonyl (C=O) groups excluding carboxylic acids is 3. The molecule has 9 heteroatoms. The van der Waals surface area contributed by atoms with Crippen molar-refractivity contribution in [3.8, 4) is 11.3 Å². The van der Waals surface area contributed by atoms with Crippen molar-refractivity contribution in [2.45, 2.75) is 0 Å². The lowest BCUT2D eigenvalue weighted by molar-refractivity contribution is -0.140. The molecule has 0 bridgehead atoms. The molecule has 9 nitrogen and oxygen atoms in total. The van der Waals surface area contributed by atoms with E-state index in [1.807, 2.05) is 0 Å². The van der Waals surface area contributed by atoms with Crippen molar-refractivity contribution in [3.63, 3.8) is 0 Å². The molecule has 0 radical (unpaired) electrons. The third kappa shape index (κ3) is 3.99. The van der Waals surface area contributed by atoms with Crippen LogP contribution in [-0.2, 0) is 28.5 Å². The standard InChI is InChI=1S/C20H19NO8/c1-25-18(22)14-10-28-11-21(17(14)20(24)27-3)13-6-4-5-12(9-13)15-7-8-16(29-15)19(23)26-2/h4-9H,10-11H2,1-3H3. The molecule has 1 aromatic heterocycles. The molecule has 0 atom stereocenters. The van der Waals surface area contributed by atoms with E-state index in [0.717, 1.165) is 0 Å². The number of nitrogens with zero attached hydrogens (tertiary/aromatic N) is 1. The van der Waals surface area contributed by atoms with Gasteiger partial charge in [-0.2, -0.15) is 0 Å². The van der Waals surface area contributed by atoms with Crippen LogP contribution in [0.2, 0.25) is 0 Å². The summed E-state index contributed by atoms with van der Waals surface area (Å²) in [5, 5.41) is 0. The first-order valence-electron chi connectivity index (χ1n) is 8.53. The van der Waals surface area contributed by atoms with Gasteiger partial charge in [0.05, 0.1) is 33.5 Å². The van der Waals surface area contributed by atoms with E-state index in [9.17, 15) is 14.4 Å². The number of furan rings is 1. The topological polar surface area (TPSA) is 105 Å². The van der Waals surface area contributed by atoms with Crippen molar-refractivity contribution in [1.29, 1.82) is 0 Å². The second-order valence-electron chi connectivity index (χ2n) is 5.92. The van der Waals surface area contributed by atoms with Crippen molar-refractivity contribution in [1.82, 2.24) is 0 Å². The third-order valence-corrected chi connectivity index (χ3v) is 4.27. The fourth-order valence-electron chi connectivity index (χ4n) is 2.88. The SMILES string of the molecule is COC(=O)C1=C(C(=O)OC)N(c2cccc(-c3ccc(C(=O)OC)o3)c2)COC1. The van der Waals surface area contributed by atoms with E-state index in [0.29, 0.717) is 17.0 Å². The Balaban J connectivity index is 2.02. The predicted octanol–water partition coefficient (Wildman–Crippen LogP) is 2.13. The number of ether oxygens (including phenoxy) is 4. The molecule has 0 spiro atoms. The first-order chi connectivity index (χ1) is 14.0. The summed E-state index contributed by atoms with van der Waals surface area (Å²) in [6.45, 7) is -0.0477. The molecule has 3 rings (SSSR count). The zero-order valence-electron chi connectivity index (χ0n) is 16.1. The number of anilines is 1. The highest BCUT2D eigenvalue weighted by atomic mass is 16.5. The molecule has 1 aromatic carbocycles. The number of esters is 3. The quantitative estimate of drug-likeness (QED) is 0.550. The summed E-state index contributed by atoms with van der Waals surface area (Å²) in [6.07, 6.45) is 0. The second-order valence-corrected chi connectivity index (χ2v) is 5.92. The lowest BCUT2D eigenvalue weighted by Gasteiger charge is -2.31. The normalized spacial score (nSPS) is 13.8. The Morgan fingerprint density at radius 2 is 1.66 bits per heavy atom. The summed E-state index contributed by atoms with van der Waals surface area (Å²) in [4.78, 5) is 37.6. The zero-order chi connectivity index (χ0) is 21.0. The van der Waals surface area contributed by atoms with Gasteiger partial charge < -0.3 is 28.3 Å². The van der Waals surface area contributed by atoms with E-state index in [-0.39, 0.29) is 30.4 Å². The van der Waals surface area contributed by atoms with E-state index < -0.39 is 17.9 Å². The highest BCUT2D eigenvalue weighted by Crippen LogP contribution is 2.31. The molecular weight excluding hydrogens is 382 g/mol. The number of carbonyl (C=O) groups is 3. The van der Waals surface area contributed by atoms with Crippen LogP contribution in [0.5, 0.6) is 0 Å². The minimum absolute atomic E-state index is 0.0277. The highest BCUT2D eigenvalue weighted by molar-refractivity contribution is 6.03. The first-order valence-corrected chi connectivity index (χ1v) is 8.53. The van der Waals surface area contributed by atoms with Crippen LogP contribution in [0, 0.1) is 0 Å². The van der Waals surface area contributed by atoms with E-state index in [4.69, 9.17) is 18.6 Å². The molecule has 1 aliphatic rings. The Labute approximate surface area is 166 Å². The fraction of sp³-hybridized carbons (Fsp3) is 0.250. The molecule has 0 saturated heterocycles. The molecule has 0 aliphatic carbocycles. The maximum Gasteiger partial charge on any atom is 0.373 e. The fourth-order valence-corrected chi connectivity index (χ4v) is 2.88. The van der Waals surface area contributed by atoms with Gasteiger partial charge >= 0.3 is 17.9 Å². The minimum Gasteiger partial charge on any atom is -0.466 e. The van der Waals surface area contributed by atoms with Crippen molar-refractivity contribution < 1.29 is 37.7 Å². The van der Waals surface area contributed by atoms with Crippen molar-refractivity contribution in [2.75, 3.05) is 39.6 Å². The van der Waals surface area contributed by atoms with Gasteiger partial charge in [0.15, 0.2) is 0 Å². The van der Waals surface area contributed by atoms with E-state index >= 15 is 0 Å². The van der Waals surface area contributed by atoms with E-state index in [1.165, 1.54) is 32.3 Å². The van der Waals surface area contributed by atoms with Crippen LogP contribution >= 0.6 is 0 Å². The van der Waals surface area contributed by atoms with Crippen molar-refractivity contribution in [3.05, 3.63) is 53.4 Å². The highest BCUT2D eigenvalue weighted by Gasteiger charge is 2.32. The Morgan fingerprint density at radius 3 is 2.34 bits per heavy atom. The Kier molecular flexibility index (Phi) is 5.99. The van der Waals surface area contributed by atoms with Gasteiger partial charge in [0.1, 0.15) is 18.2 Å². The number of methoxy groups -OCH3 is 3. The van der Waals surface area contributed by atoms with Crippen LogP contribution in [0.25, 0.3) is 11.3 Å². The van der Waals surface area contributed by atoms with Crippen LogP contribution in [0.4, 0.5) is 5.69 Å². The van der Waals surface area contributed by atoms with Gasteiger partial charge in [0, 0.05) is 11.3 Å². The molecule has 0 N–H and O–H groups in total. The van der Waals surface area contributed by atoms with Gasteiger partial charge in [-0.1, -0.05) is 12.1 Å². The van der Waals surface area contributed by atoms with Gasteiger partial charge in [-0.05, 0) is 24.3 Å². The van der Waals surface area contributed by atoms with Gasteiger partial charge in [-0.15, -0.1) is 0 Å². The molecule has 152 valence electrons. The van der Waals surface area contributed by atoms with Gasteiger partial charge in [0.2, 0.25) is 5.76 Å². The van der Waals surface area contributed by atoms with Crippen LogP contribution in [0.3, 0.4) is 0 Å². The molecule has 0 unspecified atom stereocenters. The average molecular weight is 401 g/mol. The maximum absolute atomic E-state index is 12.4. The Morgan fingerprint density at radius 1 is 0.931 bits per heavy atom. The predicted molar refractivity (Wildman–Crippen MR) is 99.8 cm³/mol. The molecule has 2 aromatic rings. The Bertz CT molecular complexity index is 974. The number of hydrogen-bond acceptors (Lipinski definition) is 9. The molecular formula is C20H19NO8. The number of benzene rings is 1. The molecule has 2 heterocycles. The molecule has 0 fully saturated rings. The summed E-state index contributed by atoms with van der Waals surface area (Å²) in [7, 11) is 3.71. The number of rotatable bonds is 5. The number of hydrogen-bond donors (Lipinski definition) is 0. The second kappa shape index (κ2) is 8.61. The third-order valence-electron chi connectivity index (χ3n) is 4.27. The lowest BCUT2D eigenvalue weighted by atomic mass is 10.1. The smallest absolute Gasteiger partial charge is 0.373 e. The minimum atomic E-state index is -0.690. The van der Waals surface area contributed by atoms with Gasteiger partial charge in [-0.25, -0.2) is 14.4 Å². The van der Waals surface area contributed by atoms with Crippen LogP contribution in [0.15, 0.2) is 52.1 Å². The molecule has 0 amide bonds. The van der Waals surface area contributed by atoms with Gasteiger partial charge in [0.25, 0.3) is 0 Å². The van der Waals surface area contributed by atoms with Crippen LogP contribution in [-0.4, -0.2) is 52.6 Å². The lowest BCUT2D eigenvalue weighted by Crippen LogP contribution is -2.38. The summed E-state index contributed by atoms with van der Waals surface area (Å²) >= 11 is 0. The Hall–Kier alpha value is -3.59. The zero-order valence-corrected chi connectivity index (χ0v) is 16.1. The van der Waals surface area contributed by atoms with Crippen molar-refractivity contribution in [2.24, 2.45) is 0 Å². The summed E-state index contributed by atoms with van der Waals surface area (Å²) in [5.74, 6) is -1.46. The average Bonchev–Trinajstić information content (AvgIpc) is 3.27. The summed E-state index contributed by atoms with van der Waals surface area (Å²) in [6, 6.07) is 10.1. The van der Waals surface area contributed by atoms with Crippen LogP contribution in [0.1, 0.15) is 10.6 Å². The van der Waals surface area contributed by atoms with E-state index in [1.54, 1.807) is 30.3 Å². The van der Waals surface area contributed by atoms with Gasteiger partial charge in [-0.3, -0.25) is 0 Å². The first kappa shape index (κ1) is 20.2. The monoisotopic (exact) mass is 401 g/mol. The largest absolute Gasteiger partial charge is 0.466 e. The summed E-state index contributed by atoms with van der Waals surface area (Å²) in [5.41, 5.74) is 1.30. The van der Waals surface area contributed by atoms with Crippen molar-refractivity contribution >= 4 is 23.6 Å². The summed E-state index contributed by atoms with van der Waals surface area (Å²) < 4.78 is 25.3. The van der Waals surface area contributed by atoms with E-state index in [2.05, 4.69) is 4.74 Å². The molecule has 1 aliphatic heterocycles.